The second-order valence-electron chi connectivity index (χ2n) is 3.94. The number of carbonyl (C=O) groups is 1. The Morgan fingerprint density at radius 2 is 1.50 bits per heavy atom. The Morgan fingerprint density at radius 1 is 0.900 bits per heavy atom. The molecule has 3 nitrogen and oxygen atoms in total. The Hall–Kier alpha value is -2.57. The van der Waals surface area contributed by atoms with Crippen molar-refractivity contribution in [3.05, 3.63) is 59.2 Å². The fraction of sp³-hybridized carbons (Fsp3) is 0. The van der Waals surface area contributed by atoms with Gasteiger partial charge in [0.05, 0.1) is 5.56 Å². The van der Waals surface area contributed by atoms with E-state index in [-0.39, 0.29) is 16.9 Å². The normalized spacial score (nSPS) is 10.4. The first kappa shape index (κ1) is 13.9. The van der Waals surface area contributed by atoms with Gasteiger partial charge in [0.25, 0.3) is 5.91 Å². The van der Waals surface area contributed by atoms with E-state index < -0.39 is 29.2 Å². The van der Waals surface area contributed by atoms with Crippen molar-refractivity contribution in [3.8, 4) is 0 Å². The molecule has 0 unspecified atom stereocenters. The molecule has 0 radical (unpaired) electrons. The van der Waals surface area contributed by atoms with Gasteiger partial charge in [-0.25, -0.2) is 17.6 Å². The highest BCUT2D eigenvalue weighted by atomic mass is 19.2. The number of anilines is 2. The number of amides is 1. The molecule has 0 fully saturated rings. The van der Waals surface area contributed by atoms with Crippen LogP contribution in [0.25, 0.3) is 0 Å². The number of rotatable bonds is 2. The summed E-state index contributed by atoms with van der Waals surface area (Å²) in [5, 5.41) is 2.20. The highest BCUT2D eigenvalue weighted by Gasteiger charge is 2.15. The summed E-state index contributed by atoms with van der Waals surface area (Å²) in [5.41, 5.74) is 4.77. The zero-order chi connectivity index (χ0) is 14.9. The monoisotopic (exact) mass is 284 g/mol. The number of benzene rings is 2. The topological polar surface area (TPSA) is 55.1 Å². The quantitative estimate of drug-likeness (QED) is 0.657. The Labute approximate surface area is 111 Å². The van der Waals surface area contributed by atoms with E-state index in [1.165, 1.54) is 0 Å². The molecule has 20 heavy (non-hydrogen) atoms. The van der Waals surface area contributed by atoms with E-state index in [0.717, 1.165) is 18.2 Å². The van der Waals surface area contributed by atoms with E-state index in [1.807, 2.05) is 0 Å². The average molecular weight is 284 g/mol. The first-order valence-corrected chi connectivity index (χ1v) is 5.39. The van der Waals surface area contributed by atoms with Crippen LogP contribution in [0.1, 0.15) is 10.4 Å². The molecule has 0 spiro atoms. The van der Waals surface area contributed by atoms with E-state index in [1.54, 1.807) is 0 Å². The summed E-state index contributed by atoms with van der Waals surface area (Å²) in [6.45, 7) is 0. The largest absolute Gasteiger partial charge is 0.398 e. The summed E-state index contributed by atoms with van der Waals surface area (Å²) in [6.07, 6.45) is 0. The molecule has 0 saturated carbocycles. The molecule has 0 heterocycles. The van der Waals surface area contributed by atoms with Gasteiger partial charge < -0.3 is 11.1 Å². The van der Waals surface area contributed by atoms with Gasteiger partial charge in [-0.3, -0.25) is 4.79 Å². The molecule has 0 aliphatic rings. The maximum atomic E-state index is 13.1. The predicted octanol–water partition coefficient (Wildman–Crippen LogP) is 3.08. The number of nitrogens with two attached hydrogens (primary N) is 1. The molecule has 2 rings (SSSR count). The third-order valence-corrected chi connectivity index (χ3v) is 2.51. The van der Waals surface area contributed by atoms with Crippen molar-refractivity contribution in [2.75, 3.05) is 11.1 Å². The zero-order valence-electron chi connectivity index (χ0n) is 9.88. The van der Waals surface area contributed by atoms with Crippen LogP contribution in [0.15, 0.2) is 30.3 Å². The summed E-state index contributed by atoms with van der Waals surface area (Å²) in [4.78, 5) is 11.8. The molecule has 0 atom stereocenters. The van der Waals surface area contributed by atoms with Crippen LogP contribution < -0.4 is 11.1 Å². The molecule has 0 aliphatic carbocycles. The highest BCUT2D eigenvalue weighted by molar-refractivity contribution is 6.07. The smallest absolute Gasteiger partial charge is 0.257 e. The molecule has 2 aromatic carbocycles. The minimum Gasteiger partial charge on any atom is -0.398 e. The SMILES string of the molecule is Nc1cc(F)c(F)cc1C(=O)Nc1ccc(F)c(F)c1. The lowest BCUT2D eigenvalue weighted by Crippen LogP contribution is -2.15. The van der Waals surface area contributed by atoms with Crippen LogP contribution in [0.2, 0.25) is 0 Å². The van der Waals surface area contributed by atoms with Gasteiger partial charge in [-0.2, -0.15) is 0 Å². The molecule has 0 bridgehead atoms. The molecule has 1 amide bonds. The third kappa shape index (κ3) is 2.71. The first-order chi connectivity index (χ1) is 9.38. The van der Waals surface area contributed by atoms with Gasteiger partial charge in [0.1, 0.15) is 0 Å². The molecular formula is C13H8F4N2O. The summed E-state index contributed by atoms with van der Waals surface area (Å²) < 4.78 is 51.6. The van der Waals surface area contributed by atoms with Crippen molar-refractivity contribution in [1.82, 2.24) is 0 Å². The van der Waals surface area contributed by atoms with Crippen molar-refractivity contribution in [2.45, 2.75) is 0 Å². The molecule has 0 aromatic heterocycles. The fourth-order valence-corrected chi connectivity index (χ4v) is 1.53. The highest BCUT2D eigenvalue weighted by Crippen LogP contribution is 2.19. The van der Waals surface area contributed by atoms with Gasteiger partial charge in [0.2, 0.25) is 0 Å². The van der Waals surface area contributed by atoms with Gasteiger partial charge in [-0.05, 0) is 18.2 Å². The van der Waals surface area contributed by atoms with E-state index in [9.17, 15) is 22.4 Å². The molecule has 0 saturated heterocycles. The lowest BCUT2D eigenvalue weighted by molar-refractivity contribution is 0.102. The molecule has 3 N–H and O–H groups in total. The Balaban J connectivity index is 2.28. The van der Waals surface area contributed by atoms with Crippen LogP contribution in [-0.4, -0.2) is 5.91 Å². The van der Waals surface area contributed by atoms with Gasteiger partial charge in [-0.1, -0.05) is 0 Å². The van der Waals surface area contributed by atoms with Crippen molar-refractivity contribution in [2.24, 2.45) is 0 Å². The van der Waals surface area contributed by atoms with Crippen LogP contribution in [0.3, 0.4) is 0 Å². The Morgan fingerprint density at radius 3 is 2.15 bits per heavy atom. The number of halogens is 4. The van der Waals surface area contributed by atoms with E-state index in [4.69, 9.17) is 5.73 Å². The third-order valence-electron chi connectivity index (χ3n) is 2.51. The lowest BCUT2D eigenvalue weighted by Gasteiger charge is -2.08. The minimum atomic E-state index is -1.24. The summed E-state index contributed by atoms with van der Waals surface area (Å²) in [5.74, 6) is -5.52. The zero-order valence-corrected chi connectivity index (χ0v) is 9.88. The van der Waals surface area contributed by atoms with Gasteiger partial charge in [0, 0.05) is 23.5 Å². The van der Waals surface area contributed by atoms with E-state index in [2.05, 4.69) is 5.32 Å². The maximum Gasteiger partial charge on any atom is 0.257 e. The van der Waals surface area contributed by atoms with Crippen LogP contribution in [0.5, 0.6) is 0 Å². The van der Waals surface area contributed by atoms with Gasteiger partial charge in [0.15, 0.2) is 23.3 Å². The van der Waals surface area contributed by atoms with Crippen molar-refractivity contribution < 1.29 is 22.4 Å². The van der Waals surface area contributed by atoms with Gasteiger partial charge in [-0.15, -0.1) is 0 Å². The summed E-state index contributed by atoms with van der Waals surface area (Å²) in [6, 6.07) is 3.98. The number of nitrogen functional groups attached to an aromatic ring is 1. The van der Waals surface area contributed by atoms with Crippen LogP contribution in [0, 0.1) is 23.3 Å². The Bertz CT molecular complexity index is 688. The van der Waals surface area contributed by atoms with E-state index >= 15 is 0 Å². The standard InChI is InChI=1S/C13H8F4N2O/c14-8-2-1-6(3-9(8)15)19-13(20)7-4-10(16)11(17)5-12(7)18/h1-5H,18H2,(H,19,20). The second-order valence-corrected chi connectivity index (χ2v) is 3.94. The maximum absolute atomic E-state index is 13.1. The predicted molar refractivity (Wildman–Crippen MR) is 65.1 cm³/mol. The second kappa shape index (κ2) is 5.20. The number of hydrogen-bond acceptors (Lipinski definition) is 2. The average Bonchev–Trinajstić information content (AvgIpc) is 2.38. The molecular weight excluding hydrogens is 276 g/mol. The van der Waals surface area contributed by atoms with Crippen molar-refractivity contribution in [1.29, 1.82) is 0 Å². The van der Waals surface area contributed by atoms with E-state index in [0.29, 0.717) is 12.1 Å². The number of carbonyl (C=O) groups excluding carboxylic acids is 1. The molecule has 0 aliphatic heterocycles. The number of nitrogens with one attached hydrogen (secondary N) is 1. The van der Waals surface area contributed by atoms with Gasteiger partial charge >= 0.3 is 0 Å². The minimum absolute atomic E-state index is 0.0435. The van der Waals surface area contributed by atoms with Crippen LogP contribution in [-0.2, 0) is 0 Å². The van der Waals surface area contributed by atoms with Crippen molar-refractivity contribution in [3.63, 3.8) is 0 Å². The Kier molecular flexibility index (Phi) is 3.60. The molecule has 104 valence electrons. The van der Waals surface area contributed by atoms with Crippen molar-refractivity contribution >= 4 is 17.3 Å². The molecule has 2 aromatic rings. The summed E-state index contributed by atoms with van der Waals surface area (Å²) >= 11 is 0. The first-order valence-electron chi connectivity index (χ1n) is 5.39. The fourth-order valence-electron chi connectivity index (χ4n) is 1.53. The summed E-state index contributed by atoms with van der Waals surface area (Å²) in [7, 11) is 0. The van der Waals surface area contributed by atoms with Crippen LogP contribution in [0.4, 0.5) is 28.9 Å². The number of hydrogen-bond donors (Lipinski definition) is 2. The molecule has 7 heteroatoms. The van der Waals surface area contributed by atoms with Crippen LogP contribution >= 0.6 is 0 Å². The lowest BCUT2D eigenvalue weighted by atomic mass is 10.1.